The molecule has 0 heterocycles. The summed E-state index contributed by atoms with van der Waals surface area (Å²) < 4.78 is 0. The molecule has 0 saturated carbocycles. The summed E-state index contributed by atoms with van der Waals surface area (Å²) in [5.41, 5.74) is 1.81. The van der Waals surface area contributed by atoms with Crippen LogP contribution in [0.5, 0.6) is 0 Å². The normalized spacial score (nSPS) is 13.4. The molecule has 1 aromatic carbocycles. The van der Waals surface area contributed by atoms with Crippen LogP contribution in [-0.4, -0.2) is 30.4 Å². The average molecular weight is 297 g/mol. The monoisotopic (exact) mass is 296 g/mol. The van der Waals surface area contributed by atoms with Gasteiger partial charge in [-0.25, -0.2) is 0 Å². The van der Waals surface area contributed by atoms with Crippen molar-refractivity contribution in [2.75, 3.05) is 18.9 Å². The molecule has 1 rings (SSSR count). The van der Waals surface area contributed by atoms with Gasteiger partial charge in [-0.3, -0.25) is 9.69 Å². The molecule has 20 heavy (non-hydrogen) atoms. The highest BCUT2D eigenvalue weighted by molar-refractivity contribution is 6.31. The first-order chi connectivity index (χ1) is 9.12. The fraction of sp³-hybridized carbons (Fsp3) is 0.562. The Morgan fingerprint density at radius 1 is 1.40 bits per heavy atom. The van der Waals surface area contributed by atoms with Gasteiger partial charge in [0.1, 0.15) is 0 Å². The zero-order valence-electron chi connectivity index (χ0n) is 13.2. The van der Waals surface area contributed by atoms with E-state index in [0.717, 1.165) is 11.3 Å². The van der Waals surface area contributed by atoms with Crippen molar-refractivity contribution in [1.29, 1.82) is 0 Å². The molecule has 0 fully saturated rings. The van der Waals surface area contributed by atoms with Gasteiger partial charge >= 0.3 is 0 Å². The molecule has 1 N–H and O–H groups in total. The molecule has 1 unspecified atom stereocenters. The second-order valence-corrected chi connectivity index (χ2v) is 6.82. The van der Waals surface area contributed by atoms with Gasteiger partial charge in [0.2, 0.25) is 5.91 Å². The highest BCUT2D eigenvalue weighted by Crippen LogP contribution is 2.24. The lowest BCUT2D eigenvalue weighted by atomic mass is 9.87. The zero-order chi connectivity index (χ0) is 15.5. The Labute approximate surface area is 127 Å². The van der Waals surface area contributed by atoms with Crippen LogP contribution in [0.4, 0.5) is 5.69 Å². The van der Waals surface area contributed by atoms with Crippen molar-refractivity contribution in [3.05, 3.63) is 28.8 Å². The van der Waals surface area contributed by atoms with Gasteiger partial charge in [0, 0.05) is 16.8 Å². The maximum Gasteiger partial charge on any atom is 0.238 e. The number of carbonyl (C=O) groups excluding carboxylic acids is 1. The molecule has 0 aliphatic carbocycles. The third-order valence-corrected chi connectivity index (χ3v) is 4.26. The van der Waals surface area contributed by atoms with Gasteiger partial charge in [-0.2, -0.15) is 0 Å². The molecule has 1 atom stereocenters. The van der Waals surface area contributed by atoms with Crippen LogP contribution in [0.1, 0.15) is 33.3 Å². The minimum Gasteiger partial charge on any atom is -0.325 e. The fourth-order valence-corrected chi connectivity index (χ4v) is 2.13. The van der Waals surface area contributed by atoms with Crippen molar-refractivity contribution in [3.63, 3.8) is 0 Å². The summed E-state index contributed by atoms with van der Waals surface area (Å²) in [7, 11) is 1.97. The van der Waals surface area contributed by atoms with Gasteiger partial charge < -0.3 is 5.32 Å². The third kappa shape index (κ3) is 4.50. The molecule has 1 aromatic rings. The Morgan fingerprint density at radius 2 is 2.00 bits per heavy atom. The predicted molar refractivity (Wildman–Crippen MR) is 86.4 cm³/mol. The summed E-state index contributed by atoms with van der Waals surface area (Å²) in [6, 6.07) is 5.84. The Morgan fingerprint density at radius 3 is 2.55 bits per heavy atom. The summed E-state index contributed by atoms with van der Waals surface area (Å²) >= 11 is 6.05. The van der Waals surface area contributed by atoms with Crippen LogP contribution in [0.15, 0.2) is 18.2 Å². The molecule has 0 aliphatic heterocycles. The summed E-state index contributed by atoms with van der Waals surface area (Å²) in [5.74, 6) is -0.0195. The van der Waals surface area contributed by atoms with Crippen molar-refractivity contribution in [2.24, 2.45) is 5.41 Å². The van der Waals surface area contributed by atoms with E-state index >= 15 is 0 Å². The Balaban J connectivity index is 2.67. The zero-order valence-corrected chi connectivity index (χ0v) is 14.0. The van der Waals surface area contributed by atoms with Crippen molar-refractivity contribution in [1.82, 2.24) is 4.90 Å². The van der Waals surface area contributed by atoms with E-state index in [1.807, 2.05) is 32.2 Å². The lowest BCUT2D eigenvalue weighted by molar-refractivity contribution is -0.117. The Hall–Kier alpha value is -1.06. The molecule has 4 heteroatoms. The van der Waals surface area contributed by atoms with Crippen LogP contribution < -0.4 is 5.32 Å². The molecule has 0 spiro atoms. The maximum absolute atomic E-state index is 12.1. The summed E-state index contributed by atoms with van der Waals surface area (Å²) in [4.78, 5) is 14.2. The lowest BCUT2D eigenvalue weighted by Gasteiger charge is -2.34. The van der Waals surface area contributed by atoms with Crippen molar-refractivity contribution < 1.29 is 4.79 Å². The van der Waals surface area contributed by atoms with E-state index in [9.17, 15) is 4.79 Å². The van der Waals surface area contributed by atoms with Crippen molar-refractivity contribution in [2.45, 2.75) is 40.7 Å². The van der Waals surface area contributed by atoms with Gasteiger partial charge in [-0.05, 0) is 44.0 Å². The number of halogens is 1. The highest BCUT2D eigenvalue weighted by Gasteiger charge is 2.25. The molecular formula is C16H25ClN2O. The molecule has 0 aliphatic rings. The minimum atomic E-state index is -0.0195. The fourth-order valence-electron chi connectivity index (χ4n) is 1.96. The number of benzene rings is 1. The van der Waals surface area contributed by atoms with E-state index < -0.39 is 0 Å². The molecule has 112 valence electrons. The second-order valence-electron chi connectivity index (χ2n) is 6.42. The molecule has 0 bridgehead atoms. The Bertz CT molecular complexity index is 480. The lowest BCUT2D eigenvalue weighted by Crippen LogP contribution is -2.43. The first kappa shape index (κ1) is 17.0. The van der Waals surface area contributed by atoms with Crippen LogP contribution in [0.25, 0.3) is 0 Å². The van der Waals surface area contributed by atoms with Crippen LogP contribution >= 0.6 is 11.6 Å². The summed E-state index contributed by atoms with van der Waals surface area (Å²) in [6.07, 6.45) is 0. The second kappa shape index (κ2) is 6.59. The number of nitrogens with one attached hydrogen (secondary N) is 1. The molecule has 0 radical (unpaired) electrons. The number of likely N-dealkylation sites (N-methyl/N-ethyl adjacent to an activating group) is 1. The van der Waals surface area contributed by atoms with Crippen LogP contribution in [0.3, 0.4) is 0 Å². The third-order valence-electron chi connectivity index (χ3n) is 3.85. The standard InChI is InChI=1S/C16H25ClN2O/c1-11-13(17)8-7-9-14(11)18-15(20)10-19(6)12(2)16(3,4)5/h7-9,12H,10H2,1-6H3,(H,18,20). The van der Waals surface area contributed by atoms with Crippen LogP contribution in [0, 0.1) is 12.3 Å². The number of rotatable bonds is 4. The first-order valence-electron chi connectivity index (χ1n) is 6.88. The van der Waals surface area contributed by atoms with E-state index in [1.54, 1.807) is 0 Å². The number of carbonyl (C=O) groups is 1. The summed E-state index contributed by atoms with van der Waals surface area (Å²) in [6.45, 7) is 10.9. The molecule has 0 aromatic heterocycles. The quantitative estimate of drug-likeness (QED) is 0.912. The largest absolute Gasteiger partial charge is 0.325 e. The van der Waals surface area contributed by atoms with Gasteiger partial charge in [-0.1, -0.05) is 38.4 Å². The predicted octanol–water partition coefficient (Wildman–Crippen LogP) is 3.95. The van der Waals surface area contributed by atoms with E-state index in [4.69, 9.17) is 11.6 Å². The molecule has 0 saturated heterocycles. The van der Waals surface area contributed by atoms with Gasteiger partial charge in [0.25, 0.3) is 0 Å². The minimum absolute atomic E-state index is 0.0195. The van der Waals surface area contributed by atoms with Crippen molar-refractivity contribution >= 4 is 23.2 Å². The van der Waals surface area contributed by atoms with Gasteiger partial charge in [0.15, 0.2) is 0 Å². The van der Waals surface area contributed by atoms with E-state index in [-0.39, 0.29) is 11.3 Å². The molecule has 1 amide bonds. The summed E-state index contributed by atoms with van der Waals surface area (Å²) in [5, 5.41) is 3.59. The van der Waals surface area contributed by atoms with Gasteiger partial charge in [0.05, 0.1) is 6.54 Å². The number of hydrogen-bond donors (Lipinski definition) is 1. The molecule has 3 nitrogen and oxygen atoms in total. The van der Waals surface area contributed by atoms with Crippen LogP contribution in [-0.2, 0) is 4.79 Å². The SMILES string of the molecule is Cc1c(Cl)cccc1NC(=O)CN(C)C(C)C(C)(C)C. The van der Waals surface area contributed by atoms with E-state index in [2.05, 4.69) is 37.9 Å². The number of anilines is 1. The molecular weight excluding hydrogens is 272 g/mol. The van der Waals surface area contributed by atoms with E-state index in [1.165, 1.54) is 0 Å². The smallest absolute Gasteiger partial charge is 0.238 e. The average Bonchev–Trinajstić information content (AvgIpc) is 2.32. The highest BCUT2D eigenvalue weighted by atomic mass is 35.5. The Kier molecular flexibility index (Phi) is 5.60. The van der Waals surface area contributed by atoms with E-state index in [0.29, 0.717) is 17.6 Å². The topological polar surface area (TPSA) is 32.3 Å². The maximum atomic E-state index is 12.1. The number of amides is 1. The van der Waals surface area contributed by atoms with Gasteiger partial charge in [-0.15, -0.1) is 0 Å². The number of nitrogens with zero attached hydrogens (tertiary/aromatic N) is 1. The number of hydrogen-bond acceptors (Lipinski definition) is 2. The first-order valence-corrected chi connectivity index (χ1v) is 7.26. The van der Waals surface area contributed by atoms with Crippen LogP contribution in [0.2, 0.25) is 5.02 Å². The van der Waals surface area contributed by atoms with Crippen molar-refractivity contribution in [3.8, 4) is 0 Å².